The Labute approximate surface area is 171 Å². The van der Waals surface area contributed by atoms with Gasteiger partial charge in [0.1, 0.15) is 0 Å². The molecule has 1 aliphatic rings. The first-order chi connectivity index (χ1) is 12.9. The van der Waals surface area contributed by atoms with Crippen molar-refractivity contribution in [3.8, 4) is 0 Å². The minimum absolute atomic E-state index is 0.0550. The molecule has 1 unspecified atom stereocenters. The molecular formula is C20H32BrN5O. The van der Waals surface area contributed by atoms with Crippen LogP contribution in [0, 0.1) is 0 Å². The van der Waals surface area contributed by atoms with Crippen LogP contribution in [0.1, 0.15) is 24.8 Å². The van der Waals surface area contributed by atoms with Crippen LogP contribution < -0.4 is 5.32 Å². The number of amides is 1. The smallest absolute Gasteiger partial charge is 0.239 e. The predicted molar refractivity (Wildman–Crippen MR) is 115 cm³/mol. The molecular weight excluding hydrogens is 406 g/mol. The van der Waals surface area contributed by atoms with Gasteiger partial charge in [0, 0.05) is 52.3 Å². The quantitative estimate of drug-likeness (QED) is 0.404. The number of carbonyl (C=O) groups is 1. The lowest BCUT2D eigenvalue weighted by atomic mass is 10.2. The van der Waals surface area contributed by atoms with Gasteiger partial charge in [0.15, 0.2) is 5.96 Å². The van der Waals surface area contributed by atoms with E-state index >= 15 is 0 Å². The molecule has 1 saturated heterocycles. The van der Waals surface area contributed by atoms with Crippen molar-refractivity contribution in [3.63, 3.8) is 0 Å². The Hall–Kier alpha value is -1.60. The van der Waals surface area contributed by atoms with Crippen LogP contribution >= 0.6 is 15.9 Å². The van der Waals surface area contributed by atoms with Gasteiger partial charge in [0.05, 0.1) is 6.04 Å². The summed E-state index contributed by atoms with van der Waals surface area (Å²) in [6.07, 6.45) is 3.07. The third-order valence-electron chi connectivity index (χ3n) is 4.90. The molecule has 6 nitrogen and oxygen atoms in total. The summed E-state index contributed by atoms with van der Waals surface area (Å²) < 4.78 is 1.09. The molecule has 0 aromatic heterocycles. The second kappa shape index (κ2) is 10.7. The molecule has 2 rings (SSSR count). The maximum absolute atomic E-state index is 12.3. The second-order valence-electron chi connectivity index (χ2n) is 7.24. The minimum Gasteiger partial charge on any atom is -0.356 e. The highest BCUT2D eigenvalue weighted by molar-refractivity contribution is 9.10. The van der Waals surface area contributed by atoms with Crippen LogP contribution in [-0.2, 0) is 11.3 Å². The molecule has 0 radical (unpaired) electrons. The Morgan fingerprint density at radius 3 is 2.63 bits per heavy atom. The second-order valence-corrected chi connectivity index (χ2v) is 8.15. The topological polar surface area (TPSA) is 51.2 Å². The van der Waals surface area contributed by atoms with Crippen LogP contribution in [0.5, 0.6) is 0 Å². The number of nitrogens with one attached hydrogen (secondary N) is 1. The van der Waals surface area contributed by atoms with E-state index < -0.39 is 0 Å². The van der Waals surface area contributed by atoms with Crippen LogP contribution in [0.3, 0.4) is 0 Å². The fraction of sp³-hybridized carbons (Fsp3) is 0.600. The van der Waals surface area contributed by atoms with Crippen LogP contribution in [-0.4, -0.2) is 80.4 Å². The van der Waals surface area contributed by atoms with E-state index in [9.17, 15) is 4.79 Å². The summed E-state index contributed by atoms with van der Waals surface area (Å²) in [5.41, 5.74) is 1.24. The third kappa shape index (κ3) is 6.50. The van der Waals surface area contributed by atoms with E-state index in [1.807, 2.05) is 28.2 Å². The molecule has 1 atom stereocenters. The number of hydrogen-bond donors (Lipinski definition) is 1. The minimum atomic E-state index is 0.0550. The number of hydrogen-bond acceptors (Lipinski definition) is 3. The van der Waals surface area contributed by atoms with Crippen molar-refractivity contribution in [3.05, 3.63) is 34.3 Å². The number of aliphatic imine (C=N–C) groups is 1. The van der Waals surface area contributed by atoms with E-state index in [0.29, 0.717) is 0 Å². The highest BCUT2D eigenvalue weighted by atomic mass is 79.9. The molecule has 0 bridgehead atoms. The van der Waals surface area contributed by atoms with E-state index in [2.05, 4.69) is 60.3 Å². The van der Waals surface area contributed by atoms with Crippen molar-refractivity contribution in [2.45, 2.75) is 31.8 Å². The number of guanidine groups is 1. The predicted octanol–water partition coefficient (Wildman–Crippen LogP) is 2.40. The molecule has 0 spiro atoms. The number of halogens is 1. The number of rotatable bonds is 7. The van der Waals surface area contributed by atoms with Crippen molar-refractivity contribution in [1.29, 1.82) is 0 Å². The molecule has 7 heteroatoms. The molecule has 1 aromatic rings. The maximum Gasteiger partial charge on any atom is 0.239 e. The van der Waals surface area contributed by atoms with Crippen molar-refractivity contribution in [2.75, 3.05) is 47.8 Å². The van der Waals surface area contributed by atoms with Crippen molar-refractivity contribution >= 4 is 27.8 Å². The summed E-state index contributed by atoms with van der Waals surface area (Å²) in [5, 5.41) is 3.44. The summed E-state index contributed by atoms with van der Waals surface area (Å²) in [4.78, 5) is 22.8. The van der Waals surface area contributed by atoms with Crippen LogP contribution in [0.2, 0.25) is 0 Å². The van der Waals surface area contributed by atoms with Crippen molar-refractivity contribution < 1.29 is 4.79 Å². The molecule has 1 heterocycles. The average Bonchev–Trinajstić information content (AvgIpc) is 3.11. The monoisotopic (exact) mass is 437 g/mol. The molecule has 1 amide bonds. The number of benzene rings is 1. The van der Waals surface area contributed by atoms with E-state index in [4.69, 9.17) is 0 Å². The fourth-order valence-corrected chi connectivity index (χ4v) is 3.74. The lowest BCUT2D eigenvalue weighted by Crippen LogP contribution is -2.44. The van der Waals surface area contributed by atoms with Gasteiger partial charge in [-0.15, -0.1) is 0 Å². The Bertz CT molecular complexity index is 632. The zero-order chi connectivity index (χ0) is 19.8. The van der Waals surface area contributed by atoms with E-state index in [-0.39, 0.29) is 11.9 Å². The Balaban J connectivity index is 1.75. The molecule has 0 saturated carbocycles. The third-order valence-corrected chi connectivity index (χ3v) is 5.43. The van der Waals surface area contributed by atoms with Gasteiger partial charge in [-0.3, -0.25) is 14.7 Å². The zero-order valence-corrected chi connectivity index (χ0v) is 18.5. The summed E-state index contributed by atoms with van der Waals surface area (Å²) in [5.74, 6) is 1.12. The van der Waals surface area contributed by atoms with E-state index in [1.54, 1.807) is 4.90 Å². The van der Waals surface area contributed by atoms with Gasteiger partial charge in [-0.05, 0) is 43.5 Å². The largest absolute Gasteiger partial charge is 0.356 e. The average molecular weight is 438 g/mol. The standard InChI is InChI=1S/C20H32BrN5O/c1-22-20(25(4)15-16-8-10-17(21)11-9-16)23-12-6-14-26-13-5-7-18(26)19(27)24(2)3/h8-11,18H,5-7,12-15H2,1-4H3,(H,22,23). The molecule has 1 aliphatic heterocycles. The molecule has 0 aliphatic carbocycles. The molecule has 150 valence electrons. The first-order valence-corrected chi connectivity index (χ1v) is 10.3. The normalized spacial score (nSPS) is 17.8. The van der Waals surface area contributed by atoms with Gasteiger partial charge in [0.2, 0.25) is 5.91 Å². The van der Waals surface area contributed by atoms with Gasteiger partial charge in [0.25, 0.3) is 0 Å². The van der Waals surface area contributed by atoms with E-state index in [0.717, 1.165) is 55.9 Å². The van der Waals surface area contributed by atoms with Crippen molar-refractivity contribution in [2.24, 2.45) is 4.99 Å². The Morgan fingerprint density at radius 2 is 2.00 bits per heavy atom. The number of likely N-dealkylation sites (tertiary alicyclic amines) is 1. The van der Waals surface area contributed by atoms with Gasteiger partial charge >= 0.3 is 0 Å². The number of nitrogens with zero attached hydrogens (tertiary/aromatic N) is 4. The zero-order valence-electron chi connectivity index (χ0n) is 16.9. The highest BCUT2D eigenvalue weighted by Gasteiger charge is 2.30. The maximum atomic E-state index is 12.3. The Kier molecular flexibility index (Phi) is 8.57. The van der Waals surface area contributed by atoms with Crippen LogP contribution in [0.25, 0.3) is 0 Å². The lowest BCUT2D eigenvalue weighted by Gasteiger charge is -2.26. The van der Waals surface area contributed by atoms with Gasteiger partial charge in [-0.25, -0.2) is 0 Å². The van der Waals surface area contributed by atoms with Crippen LogP contribution in [0.15, 0.2) is 33.7 Å². The fourth-order valence-electron chi connectivity index (χ4n) is 3.48. The van der Waals surface area contributed by atoms with E-state index in [1.165, 1.54) is 5.56 Å². The van der Waals surface area contributed by atoms with Gasteiger partial charge < -0.3 is 15.1 Å². The molecule has 27 heavy (non-hydrogen) atoms. The molecule has 1 aromatic carbocycles. The SMILES string of the molecule is CN=C(NCCCN1CCCC1C(=O)N(C)C)N(C)Cc1ccc(Br)cc1. The summed E-state index contributed by atoms with van der Waals surface area (Å²) >= 11 is 3.47. The Morgan fingerprint density at radius 1 is 1.30 bits per heavy atom. The van der Waals surface area contributed by atoms with Gasteiger partial charge in [-0.2, -0.15) is 0 Å². The summed E-state index contributed by atoms with van der Waals surface area (Å²) in [6, 6.07) is 8.40. The number of likely N-dealkylation sites (N-methyl/N-ethyl adjacent to an activating group) is 1. The summed E-state index contributed by atoms with van der Waals surface area (Å²) in [6.45, 7) is 3.60. The lowest BCUT2D eigenvalue weighted by molar-refractivity contribution is -0.133. The van der Waals surface area contributed by atoms with Crippen LogP contribution in [0.4, 0.5) is 0 Å². The first-order valence-electron chi connectivity index (χ1n) is 9.54. The highest BCUT2D eigenvalue weighted by Crippen LogP contribution is 2.18. The first kappa shape index (κ1) is 21.7. The summed E-state index contributed by atoms with van der Waals surface area (Å²) in [7, 11) is 7.54. The molecule has 1 N–H and O–H groups in total. The van der Waals surface area contributed by atoms with Crippen molar-refractivity contribution in [1.82, 2.24) is 20.0 Å². The number of carbonyl (C=O) groups excluding carboxylic acids is 1. The van der Waals surface area contributed by atoms with Gasteiger partial charge in [-0.1, -0.05) is 28.1 Å². The molecule has 1 fully saturated rings.